The average Bonchev–Trinajstić information content (AvgIpc) is 2.94. The van der Waals surface area contributed by atoms with Crippen LogP contribution in [-0.4, -0.2) is 42.5 Å². The number of thiol groups is 1. The summed E-state index contributed by atoms with van der Waals surface area (Å²) in [6.07, 6.45) is 5.57. The van der Waals surface area contributed by atoms with E-state index >= 15 is 0 Å². The second kappa shape index (κ2) is 12.1. The van der Waals surface area contributed by atoms with E-state index in [0.717, 1.165) is 48.2 Å². The molecule has 0 unspecified atom stereocenters. The smallest absolute Gasteiger partial charge is 0.228 e. The number of hydrogen-bond donors (Lipinski definition) is 4. The van der Waals surface area contributed by atoms with Crippen molar-refractivity contribution in [3.8, 4) is 22.9 Å². The highest BCUT2D eigenvalue weighted by Crippen LogP contribution is 2.35. The molecule has 0 spiro atoms. The minimum absolute atomic E-state index is 0.282. The molecule has 3 heterocycles. The fourth-order valence-electron chi connectivity index (χ4n) is 4.64. The van der Waals surface area contributed by atoms with Crippen LogP contribution in [-0.2, 0) is 10.9 Å². The topological polar surface area (TPSA) is 118 Å². The Hall–Kier alpha value is -3.86. The molecule has 2 atom stereocenters. The Labute approximate surface area is 223 Å². The third kappa shape index (κ3) is 6.16. The first-order valence-electron chi connectivity index (χ1n) is 12.6. The van der Waals surface area contributed by atoms with Crippen molar-refractivity contribution in [2.24, 2.45) is 0 Å². The second-order valence-electron chi connectivity index (χ2n) is 9.11. The van der Waals surface area contributed by atoms with Crippen LogP contribution < -0.4 is 20.1 Å². The van der Waals surface area contributed by atoms with Crippen LogP contribution >= 0.6 is 0 Å². The molecule has 1 aliphatic heterocycles. The Morgan fingerprint density at radius 2 is 1.87 bits per heavy atom. The van der Waals surface area contributed by atoms with E-state index in [-0.39, 0.29) is 6.04 Å². The molecule has 2 aromatic carbocycles. The normalized spacial score (nSPS) is 16.2. The predicted molar refractivity (Wildman–Crippen MR) is 148 cm³/mol. The highest BCUT2D eigenvalue weighted by molar-refractivity contribution is 7.70. The molecule has 9 nitrogen and oxygen atoms in total. The minimum Gasteiger partial charge on any atom is -0.438 e. The van der Waals surface area contributed by atoms with Gasteiger partial charge in [-0.05, 0) is 67.3 Å². The standard InChI is InChI=1S/C28H30N6O3S/c1-19-22(26(34-38(35)36)20-8-3-2-4-9-20)11-5-13-25(19)37-27-23(12-7-16-30-27)24-14-17-31-28(33-24)32-21-10-6-15-29-18-21/h2-5,7-9,11-14,16-17,21,26,29,38H,6,10,15,18H2,1H3,(H,31,32,33)(H,34,35,36)/t21-,26-/m0/s1. The van der Waals surface area contributed by atoms with E-state index in [9.17, 15) is 8.42 Å². The van der Waals surface area contributed by atoms with Gasteiger partial charge in [0.1, 0.15) is 5.75 Å². The number of piperidine rings is 1. The van der Waals surface area contributed by atoms with Crippen LogP contribution in [0.3, 0.4) is 0 Å². The van der Waals surface area contributed by atoms with Gasteiger partial charge in [-0.15, -0.1) is 0 Å². The molecule has 0 amide bonds. The van der Waals surface area contributed by atoms with Crippen molar-refractivity contribution in [2.45, 2.75) is 31.8 Å². The maximum atomic E-state index is 11.7. The van der Waals surface area contributed by atoms with Gasteiger partial charge >= 0.3 is 0 Å². The lowest BCUT2D eigenvalue weighted by molar-refractivity contribution is 0.459. The molecule has 1 saturated heterocycles. The molecule has 5 rings (SSSR count). The third-order valence-corrected chi connectivity index (χ3v) is 7.01. The second-order valence-corrected chi connectivity index (χ2v) is 9.88. The lowest BCUT2D eigenvalue weighted by atomic mass is 9.95. The lowest BCUT2D eigenvalue weighted by Crippen LogP contribution is -2.38. The predicted octanol–water partition coefficient (Wildman–Crippen LogP) is 4.01. The fourth-order valence-corrected chi connectivity index (χ4v) is 5.14. The first-order chi connectivity index (χ1) is 18.6. The zero-order chi connectivity index (χ0) is 26.3. The molecule has 1 fully saturated rings. The monoisotopic (exact) mass is 530 g/mol. The number of nitrogens with zero attached hydrogens (tertiary/aromatic N) is 3. The van der Waals surface area contributed by atoms with Gasteiger partial charge in [-0.25, -0.2) is 28.1 Å². The largest absolute Gasteiger partial charge is 0.438 e. The van der Waals surface area contributed by atoms with E-state index in [1.165, 1.54) is 0 Å². The maximum Gasteiger partial charge on any atom is 0.228 e. The van der Waals surface area contributed by atoms with E-state index < -0.39 is 16.9 Å². The van der Waals surface area contributed by atoms with E-state index in [0.29, 0.717) is 23.3 Å². The summed E-state index contributed by atoms with van der Waals surface area (Å²) in [5, 5.41) is 6.81. The summed E-state index contributed by atoms with van der Waals surface area (Å²) in [6.45, 7) is 3.82. The van der Waals surface area contributed by atoms with Gasteiger partial charge in [-0.2, -0.15) is 0 Å². The molecule has 196 valence electrons. The molecule has 10 heteroatoms. The van der Waals surface area contributed by atoms with Crippen LogP contribution in [0.25, 0.3) is 11.3 Å². The Morgan fingerprint density at radius 3 is 2.66 bits per heavy atom. The average molecular weight is 531 g/mol. The summed E-state index contributed by atoms with van der Waals surface area (Å²) in [5.41, 5.74) is 3.84. The maximum absolute atomic E-state index is 11.7. The zero-order valence-electron chi connectivity index (χ0n) is 21.0. The van der Waals surface area contributed by atoms with E-state index in [1.807, 2.05) is 73.7 Å². The van der Waals surface area contributed by atoms with E-state index in [1.54, 1.807) is 12.4 Å². The Morgan fingerprint density at radius 1 is 1.00 bits per heavy atom. The first-order valence-corrected chi connectivity index (χ1v) is 13.7. The van der Waals surface area contributed by atoms with Gasteiger partial charge in [0.15, 0.2) is 0 Å². The van der Waals surface area contributed by atoms with Crippen molar-refractivity contribution >= 4 is 16.8 Å². The van der Waals surface area contributed by atoms with Gasteiger partial charge in [-0.1, -0.05) is 42.5 Å². The third-order valence-electron chi connectivity index (χ3n) is 6.54. The number of rotatable bonds is 9. The SMILES string of the molecule is Cc1c(Oc2ncccc2-c2ccnc(N[C@H]3CCCNC3)n2)cccc1[C@@H](N[SH](=O)=O)c1ccccc1. The van der Waals surface area contributed by atoms with Crippen LogP contribution in [0.15, 0.2) is 79.1 Å². The molecule has 3 N–H and O–H groups in total. The number of nitrogens with one attached hydrogen (secondary N) is 3. The molecule has 38 heavy (non-hydrogen) atoms. The lowest BCUT2D eigenvalue weighted by Gasteiger charge is -2.23. The van der Waals surface area contributed by atoms with Crippen LogP contribution in [0.2, 0.25) is 0 Å². The first kappa shape index (κ1) is 25.8. The van der Waals surface area contributed by atoms with Gasteiger partial charge < -0.3 is 15.4 Å². The molecule has 0 bridgehead atoms. The molecule has 0 saturated carbocycles. The molecule has 0 aliphatic carbocycles. The Kier molecular flexibility index (Phi) is 8.22. The summed E-state index contributed by atoms with van der Waals surface area (Å²) < 4.78 is 32.3. The minimum atomic E-state index is -2.83. The summed E-state index contributed by atoms with van der Waals surface area (Å²) in [7, 11) is -2.83. The van der Waals surface area contributed by atoms with Crippen LogP contribution in [0, 0.1) is 6.92 Å². The van der Waals surface area contributed by atoms with Gasteiger partial charge in [-0.3, -0.25) is 0 Å². The van der Waals surface area contributed by atoms with Gasteiger partial charge in [0.2, 0.25) is 22.7 Å². The molecule has 4 aromatic rings. The van der Waals surface area contributed by atoms with Gasteiger partial charge in [0.05, 0.1) is 17.3 Å². The zero-order valence-corrected chi connectivity index (χ0v) is 21.9. The number of pyridine rings is 1. The number of ether oxygens (including phenoxy) is 1. The van der Waals surface area contributed by atoms with Crippen molar-refractivity contribution in [3.05, 3.63) is 95.8 Å². The van der Waals surface area contributed by atoms with Crippen LogP contribution in [0.4, 0.5) is 5.95 Å². The van der Waals surface area contributed by atoms with Crippen molar-refractivity contribution in [1.29, 1.82) is 0 Å². The molecular weight excluding hydrogens is 500 g/mol. The Balaban J connectivity index is 1.45. The van der Waals surface area contributed by atoms with E-state index in [2.05, 4.69) is 25.3 Å². The number of anilines is 1. The molecule has 0 radical (unpaired) electrons. The Bertz CT molecular complexity index is 1450. The van der Waals surface area contributed by atoms with Crippen molar-refractivity contribution in [3.63, 3.8) is 0 Å². The van der Waals surface area contributed by atoms with Crippen LogP contribution in [0.1, 0.15) is 35.6 Å². The fraction of sp³-hybridized carbons (Fsp3) is 0.250. The van der Waals surface area contributed by atoms with Crippen molar-refractivity contribution in [1.82, 2.24) is 25.0 Å². The quantitative estimate of drug-likeness (QED) is 0.240. The van der Waals surface area contributed by atoms with Crippen molar-refractivity contribution < 1.29 is 13.2 Å². The number of aromatic nitrogens is 3. The highest BCUT2D eigenvalue weighted by Gasteiger charge is 2.20. The van der Waals surface area contributed by atoms with E-state index in [4.69, 9.17) is 9.72 Å². The number of benzene rings is 2. The number of hydrogen-bond acceptors (Lipinski definition) is 8. The van der Waals surface area contributed by atoms with Crippen LogP contribution in [0.5, 0.6) is 11.6 Å². The summed E-state index contributed by atoms with van der Waals surface area (Å²) in [4.78, 5) is 13.6. The summed E-state index contributed by atoms with van der Waals surface area (Å²) >= 11 is 0. The van der Waals surface area contributed by atoms with Gasteiger partial charge in [0, 0.05) is 25.0 Å². The van der Waals surface area contributed by atoms with Gasteiger partial charge in [0.25, 0.3) is 0 Å². The molecular formula is C28H30N6O3S. The molecule has 2 aromatic heterocycles. The molecule has 1 aliphatic rings. The summed E-state index contributed by atoms with van der Waals surface area (Å²) in [6, 6.07) is 20.4. The highest BCUT2D eigenvalue weighted by atomic mass is 32.2. The van der Waals surface area contributed by atoms with Crippen molar-refractivity contribution in [2.75, 3.05) is 18.4 Å². The summed E-state index contributed by atoms with van der Waals surface area (Å²) in [5.74, 6) is 1.54.